The molecular formula is C23H22BrNO5. The van der Waals surface area contributed by atoms with Gasteiger partial charge in [0, 0.05) is 4.47 Å². The number of carboxylic acids is 1. The smallest absolute Gasteiger partial charge is 0.304 e. The average molecular weight is 472 g/mol. The lowest BCUT2D eigenvalue weighted by Crippen LogP contribution is -2.53. The number of carbonyl (C=O) groups excluding carboxylic acids is 1. The Labute approximate surface area is 183 Å². The van der Waals surface area contributed by atoms with Crippen LogP contribution in [0.1, 0.15) is 38.7 Å². The summed E-state index contributed by atoms with van der Waals surface area (Å²) in [7, 11) is 0. The van der Waals surface area contributed by atoms with Crippen molar-refractivity contribution >= 4 is 33.5 Å². The summed E-state index contributed by atoms with van der Waals surface area (Å²) in [5.74, 6) is 5.38. The first-order valence-corrected chi connectivity index (χ1v) is 10.2. The number of halogens is 1. The zero-order valence-electron chi connectivity index (χ0n) is 16.9. The minimum atomic E-state index is -1.01. The highest BCUT2D eigenvalue weighted by molar-refractivity contribution is 9.10. The molecule has 0 aliphatic carbocycles. The molecule has 1 heterocycles. The molecule has 2 aromatic rings. The van der Waals surface area contributed by atoms with E-state index in [0.717, 1.165) is 10.0 Å². The summed E-state index contributed by atoms with van der Waals surface area (Å²) in [6.07, 6.45) is -0.0647. The molecular weight excluding hydrogens is 450 g/mol. The van der Waals surface area contributed by atoms with Gasteiger partial charge in [-0.3, -0.25) is 14.5 Å². The van der Waals surface area contributed by atoms with E-state index in [0.29, 0.717) is 17.2 Å². The predicted octanol–water partition coefficient (Wildman–Crippen LogP) is 4.57. The fraction of sp³-hybridized carbons (Fsp3) is 0.304. The lowest BCUT2D eigenvalue weighted by atomic mass is 9.96. The largest absolute Gasteiger partial charge is 0.481 e. The third-order valence-corrected chi connectivity index (χ3v) is 5.17. The van der Waals surface area contributed by atoms with Crippen LogP contribution >= 0.6 is 15.9 Å². The van der Waals surface area contributed by atoms with Gasteiger partial charge in [-0.2, -0.15) is 0 Å². The van der Waals surface area contributed by atoms with Gasteiger partial charge in [-0.25, -0.2) is 0 Å². The molecule has 1 amide bonds. The van der Waals surface area contributed by atoms with Crippen LogP contribution in [0.2, 0.25) is 0 Å². The molecule has 1 aliphatic heterocycles. The van der Waals surface area contributed by atoms with Gasteiger partial charge in [0.2, 0.25) is 0 Å². The summed E-state index contributed by atoms with van der Waals surface area (Å²) in [5, 5.41) is 9.08. The van der Waals surface area contributed by atoms with E-state index in [1.165, 1.54) is 0 Å². The van der Waals surface area contributed by atoms with Gasteiger partial charge in [-0.15, -0.1) is 5.92 Å². The standard InChI is InChI=1S/C23H22BrNO5/c1-4-5-16(12-21(26)27)15-6-9-18(10-7-15)29-14-25-19-11-8-17(24)13-20(19)30-23(2,3)22(25)28/h6-11,13,16H,12,14H2,1-3H3,(H,26,27). The van der Waals surface area contributed by atoms with Crippen LogP contribution in [-0.4, -0.2) is 29.3 Å². The summed E-state index contributed by atoms with van der Waals surface area (Å²) in [6, 6.07) is 12.6. The quantitative estimate of drug-likeness (QED) is 0.624. The number of aliphatic carboxylic acids is 1. The molecule has 156 valence electrons. The second-order valence-corrected chi connectivity index (χ2v) is 8.26. The predicted molar refractivity (Wildman–Crippen MR) is 117 cm³/mol. The molecule has 7 heteroatoms. The Kier molecular flexibility index (Phi) is 6.37. The number of benzene rings is 2. The molecule has 0 radical (unpaired) electrons. The Bertz CT molecular complexity index is 1020. The molecule has 2 aromatic carbocycles. The fourth-order valence-corrected chi connectivity index (χ4v) is 3.55. The van der Waals surface area contributed by atoms with Gasteiger partial charge < -0.3 is 14.6 Å². The number of anilines is 1. The molecule has 0 spiro atoms. The summed E-state index contributed by atoms with van der Waals surface area (Å²) in [4.78, 5) is 25.5. The van der Waals surface area contributed by atoms with E-state index >= 15 is 0 Å². The molecule has 1 N–H and O–H groups in total. The molecule has 1 aliphatic rings. The van der Waals surface area contributed by atoms with Crippen LogP contribution in [0.5, 0.6) is 11.5 Å². The van der Waals surface area contributed by atoms with E-state index < -0.39 is 11.6 Å². The van der Waals surface area contributed by atoms with Gasteiger partial charge in [0.1, 0.15) is 11.5 Å². The normalized spacial score (nSPS) is 15.3. The van der Waals surface area contributed by atoms with Crippen molar-refractivity contribution in [3.05, 3.63) is 52.5 Å². The lowest BCUT2D eigenvalue weighted by molar-refractivity contribution is -0.137. The van der Waals surface area contributed by atoms with Crippen LogP contribution in [-0.2, 0) is 9.59 Å². The van der Waals surface area contributed by atoms with E-state index in [9.17, 15) is 9.59 Å². The molecule has 0 fully saturated rings. The number of carbonyl (C=O) groups is 2. The van der Waals surface area contributed by atoms with Crippen LogP contribution in [0.3, 0.4) is 0 Å². The van der Waals surface area contributed by atoms with Crippen molar-refractivity contribution in [2.24, 2.45) is 0 Å². The van der Waals surface area contributed by atoms with E-state index in [1.54, 1.807) is 56.0 Å². The second-order valence-electron chi connectivity index (χ2n) is 7.34. The zero-order valence-corrected chi connectivity index (χ0v) is 18.5. The Morgan fingerprint density at radius 2 is 1.97 bits per heavy atom. The van der Waals surface area contributed by atoms with Crippen molar-refractivity contribution in [1.82, 2.24) is 0 Å². The highest BCUT2D eigenvalue weighted by Gasteiger charge is 2.41. The fourth-order valence-electron chi connectivity index (χ4n) is 3.21. The number of hydrogen-bond acceptors (Lipinski definition) is 4. The van der Waals surface area contributed by atoms with Crippen LogP contribution in [0.25, 0.3) is 0 Å². The Morgan fingerprint density at radius 3 is 2.60 bits per heavy atom. The van der Waals surface area contributed by atoms with E-state index in [2.05, 4.69) is 27.8 Å². The van der Waals surface area contributed by atoms with Gasteiger partial charge in [0.25, 0.3) is 5.91 Å². The molecule has 1 atom stereocenters. The number of nitrogens with zero attached hydrogens (tertiary/aromatic N) is 1. The number of rotatable bonds is 6. The number of hydrogen-bond donors (Lipinski definition) is 1. The van der Waals surface area contributed by atoms with Crippen LogP contribution < -0.4 is 14.4 Å². The zero-order chi connectivity index (χ0) is 21.9. The highest BCUT2D eigenvalue weighted by atomic mass is 79.9. The van der Waals surface area contributed by atoms with Gasteiger partial charge in [0.15, 0.2) is 12.3 Å². The summed E-state index contributed by atoms with van der Waals surface area (Å²) in [6.45, 7) is 5.15. The third-order valence-electron chi connectivity index (χ3n) is 4.68. The first-order valence-electron chi connectivity index (χ1n) is 9.38. The second kappa shape index (κ2) is 8.80. The topological polar surface area (TPSA) is 76.1 Å². The van der Waals surface area contributed by atoms with Crippen LogP contribution in [0.4, 0.5) is 5.69 Å². The maximum Gasteiger partial charge on any atom is 0.304 e. The van der Waals surface area contributed by atoms with E-state index in [4.69, 9.17) is 14.6 Å². The van der Waals surface area contributed by atoms with E-state index in [-0.39, 0.29) is 25.0 Å². The molecule has 1 unspecified atom stereocenters. The molecule has 0 saturated carbocycles. The van der Waals surface area contributed by atoms with Gasteiger partial charge >= 0.3 is 5.97 Å². The number of amides is 1. The minimum absolute atomic E-state index is 0.0208. The average Bonchev–Trinajstić information content (AvgIpc) is 2.68. The summed E-state index contributed by atoms with van der Waals surface area (Å²) < 4.78 is 12.6. The van der Waals surface area contributed by atoms with Gasteiger partial charge in [-0.05, 0) is 56.7 Å². The third kappa shape index (κ3) is 4.77. The van der Waals surface area contributed by atoms with Crippen molar-refractivity contribution in [1.29, 1.82) is 0 Å². The van der Waals surface area contributed by atoms with Gasteiger partial charge in [-0.1, -0.05) is 34.0 Å². The summed E-state index contributed by atoms with van der Waals surface area (Å²) in [5.41, 5.74) is 0.431. The molecule has 0 bridgehead atoms. The molecule has 3 rings (SSSR count). The summed E-state index contributed by atoms with van der Waals surface area (Å²) >= 11 is 3.42. The monoisotopic (exact) mass is 471 g/mol. The van der Waals surface area contributed by atoms with Crippen LogP contribution in [0, 0.1) is 11.8 Å². The van der Waals surface area contributed by atoms with Crippen molar-refractivity contribution in [3.63, 3.8) is 0 Å². The number of fused-ring (bicyclic) bond motifs is 1. The van der Waals surface area contributed by atoms with Crippen molar-refractivity contribution in [2.75, 3.05) is 11.6 Å². The molecule has 0 saturated heterocycles. The Balaban J connectivity index is 1.77. The maximum absolute atomic E-state index is 12.9. The van der Waals surface area contributed by atoms with Gasteiger partial charge in [0.05, 0.1) is 18.0 Å². The SMILES string of the molecule is CC#CC(CC(=O)O)c1ccc(OCN2C(=O)C(C)(C)Oc3cc(Br)ccc32)cc1. The maximum atomic E-state index is 12.9. The van der Waals surface area contributed by atoms with Crippen LogP contribution in [0.15, 0.2) is 46.9 Å². The van der Waals surface area contributed by atoms with Crippen molar-refractivity contribution < 1.29 is 24.2 Å². The molecule has 0 aromatic heterocycles. The number of ether oxygens (including phenoxy) is 2. The van der Waals surface area contributed by atoms with E-state index in [1.807, 2.05) is 12.1 Å². The Morgan fingerprint density at radius 1 is 1.27 bits per heavy atom. The molecule has 6 nitrogen and oxygen atoms in total. The first-order chi connectivity index (χ1) is 14.2. The Hall–Kier alpha value is -2.98. The highest BCUT2D eigenvalue weighted by Crippen LogP contribution is 2.39. The lowest BCUT2D eigenvalue weighted by Gasteiger charge is -2.38. The van der Waals surface area contributed by atoms with Crippen molar-refractivity contribution in [2.45, 2.75) is 38.7 Å². The number of carboxylic acid groups (broad SMARTS) is 1. The minimum Gasteiger partial charge on any atom is -0.481 e. The first kappa shape index (κ1) is 21.7. The molecule has 30 heavy (non-hydrogen) atoms. The van der Waals surface area contributed by atoms with Crippen molar-refractivity contribution in [3.8, 4) is 23.3 Å².